The number of benzene rings is 1. The van der Waals surface area contributed by atoms with E-state index in [1.165, 1.54) is 7.11 Å². The SMILES string of the molecule is C=C(NOC)c1cccc(C2C(C#N)=C(C)N=C(C)C2C#N)c1. The maximum Gasteiger partial charge on any atom is 0.0973 e. The summed E-state index contributed by atoms with van der Waals surface area (Å²) in [5, 5.41) is 19.1. The molecule has 0 aliphatic carbocycles. The summed E-state index contributed by atoms with van der Waals surface area (Å²) in [6, 6.07) is 12.1. The van der Waals surface area contributed by atoms with Crippen LogP contribution >= 0.6 is 0 Å². The highest BCUT2D eigenvalue weighted by Gasteiger charge is 2.33. The molecule has 5 heteroatoms. The van der Waals surface area contributed by atoms with Gasteiger partial charge in [0.1, 0.15) is 0 Å². The summed E-state index contributed by atoms with van der Waals surface area (Å²) in [7, 11) is 1.52. The van der Waals surface area contributed by atoms with Gasteiger partial charge in [-0.15, -0.1) is 0 Å². The predicted molar refractivity (Wildman–Crippen MR) is 88.9 cm³/mol. The fraction of sp³-hybridized carbons (Fsp3) is 0.278. The Morgan fingerprint density at radius 2 is 2.09 bits per heavy atom. The number of hydrogen-bond acceptors (Lipinski definition) is 5. The molecule has 0 aromatic heterocycles. The topological polar surface area (TPSA) is 81.2 Å². The van der Waals surface area contributed by atoms with Crippen LogP contribution in [0.2, 0.25) is 0 Å². The number of nitrogens with one attached hydrogen (secondary N) is 1. The first-order valence-corrected chi connectivity index (χ1v) is 7.17. The second kappa shape index (κ2) is 6.91. The van der Waals surface area contributed by atoms with E-state index in [4.69, 9.17) is 4.84 Å². The zero-order valence-corrected chi connectivity index (χ0v) is 13.4. The zero-order valence-electron chi connectivity index (χ0n) is 13.4. The molecule has 1 aliphatic heterocycles. The van der Waals surface area contributed by atoms with Gasteiger partial charge in [-0.25, -0.2) is 0 Å². The van der Waals surface area contributed by atoms with Gasteiger partial charge in [-0.2, -0.15) is 10.5 Å². The molecule has 0 radical (unpaired) electrons. The summed E-state index contributed by atoms with van der Waals surface area (Å²) >= 11 is 0. The van der Waals surface area contributed by atoms with E-state index in [1.807, 2.05) is 31.2 Å². The summed E-state index contributed by atoms with van der Waals surface area (Å²) in [4.78, 5) is 9.23. The third kappa shape index (κ3) is 3.15. The summed E-state index contributed by atoms with van der Waals surface area (Å²) < 4.78 is 0. The van der Waals surface area contributed by atoms with Crippen molar-refractivity contribution in [1.82, 2.24) is 5.48 Å². The van der Waals surface area contributed by atoms with Crippen LogP contribution in [0.15, 0.2) is 47.1 Å². The molecule has 2 atom stereocenters. The fourth-order valence-electron chi connectivity index (χ4n) is 2.81. The third-order valence-electron chi connectivity index (χ3n) is 3.91. The molecule has 23 heavy (non-hydrogen) atoms. The maximum atomic E-state index is 9.54. The number of nitrogens with zero attached hydrogens (tertiary/aromatic N) is 3. The summed E-state index contributed by atoms with van der Waals surface area (Å²) in [5.74, 6) is -0.773. The van der Waals surface area contributed by atoms with Crippen molar-refractivity contribution in [3.05, 3.63) is 53.2 Å². The minimum Gasteiger partial charge on any atom is -0.279 e. The van der Waals surface area contributed by atoms with E-state index in [2.05, 4.69) is 29.2 Å². The molecular weight excluding hydrogens is 288 g/mol. The van der Waals surface area contributed by atoms with E-state index in [9.17, 15) is 10.5 Å². The molecule has 1 N–H and O–H groups in total. The lowest BCUT2D eigenvalue weighted by Gasteiger charge is -2.27. The number of nitriles is 2. The van der Waals surface area contributed by atoms with Crippen LogP contribution in [0.4, 0.5) is 0 Å². The van der Waals surface area contributed by atoms with Crippen molar-refractivity contribution in [2.24, 2.45) is 10.9 Å². The van der Waals surface area contributed by atoms with Crippen LogP contribution in [0.25, 0.3) is 5.70 Å². The molecule has 1 aromatic rings. The van der Waals surface area contributed by atoms with Gasteiger partial charge in [0.25, 0.3) is 0 Å². The van der Waals surface area contributed by atoms with Gasteiger partial charge >= 0.3 is 0 Å². The van der Waals surface area contributed by atoms with Crippen molar-refractivity contribution in [2.75, 3.05) is 7.11 Å². The van der Waals surface area contributed by atoms with Gasteiger partial charge < -0.3 is 0 Å². The van der Waals surface area contributed by atoms with E-state index in [-0.39, 0.29) is 5.92 Å². The van der Waals surface area contributed by atoms with Crippen molar-refractivity contribution >= 4 is 11.4 Å². The molecule has 0 spiro atoms. The van der Waals surface area contributed by atoms with Crippen LogP contribution in [-0.2, 0) is 4.84 Å². The Hall–Kier alpha value is -2.89. The lowest BCUT2D eigenvalue weighted by Crippen LogP contribution is -2.25. The Kier molecular flexibility index (Phi) is 4.95. The summed E-state index contributed by atoms with van der Waals surface area (Å²) in [6.07, 6.45) is 0. The van der Waals surface area contributed by atoms with Crippen molar-refractivity contribution < 1.29 is 4.84 Å². The van der Waals surface area contributed by atoms with Crippen molar-refractivity contribution in [2.45, 2.75) is 19.8 Å². The van der Waals surface area contributed by atoms with Crippen LogP contribution in [0.3, 0.4) is 0 Å². The standard InChI is InChI=1S/C18H18N4O/c1-11(22-23-4)14-6-5-7-15(8-14)18-16(9-19)12(2)21-13(3)17(18)10-20/h5-8,16,18,22H,1H2,2-4H3. The van der Waals surface area contributed by atoms with Crippen LogP contribution in [0.1, 0.15) is 30.9 Å². The van der Waals surface area contributed by atoms with Crippen LogP contribution in [0.5, 0.6) is 0 Å². The molecule has 0 saturated heterocycles. The number of hydrogen-bond donors (Lipinski definition) is 1. The molecule has 116 valence electrons. The minimum atomic E-state index is -0.452. The maximum absolute atomic E-state index is 9.54. The smallest absolute Gasteiger partial charge is 0.0973 e. The first-order chi connectivity index (χ1) is 11.0. The number of aliphatic imine (C=N–C) groups is 1. The van der Waals surface area contributed by atoms with Crippen LogP contribution < -0.4 is 5.48 Å². The largest absolute Gasteiger partial charge is 0.279 e. The van der Waals surface area contributed by atoms with E-state index in [1.54, 1.807) is 6.92 Å². The number of hydroxylamine groups is 1. The van der Waals surface area contributed by atoms with Gasteiger partial charge in [-0.3, -0.25) is 15.3 Å². The van der Waals surface area contributed by atoms with E-state index in [0.717, 1.165) is 16.8 Å². The first kappa shape index (κ1) is 16.5. The summed E-state index contributed by atoms with van der Waals surface area (Å²) in [5.41, 5.74) is 6.97. The quantitative estimate of drug-likeness (QED) is 0.865. The Morgan fingerprint density at radius 3 is 2.70 bits per heavy atom. The van der Waals surface area contributed by atoms with E-state index < -0.39 is 5.92 Å². The summed E-state index contributed by atoms with van der Waals surface area (Å²) in [6.45, 7) is 7.54. The molecule has 0 bridgehead atoms. The van der Waals surface area contributed by atoms with Gasteiger partial charge in [0, 0.05) is 11.6 Å². The molecule has 2 rings (SSSR count). The van der Waals surface area contributed by atoms with Crippen molar-refractivity contribution in [1.29, 1.82) is 10.5 Å². The Morgan fingerprint density at radius 1 is 1.35 bits per heavy atom. The number of rotatable bonds is 4. The highest BCUT2D eigenvalue weighted by Crippen LogP contribution is 2.38. The first-order valence-electron chi connectivity index (χ1n) is 7.17. The average Bonchev–Trinajstić information content (AvgIpc) is 2.54. The fourth-order valence-corrected chi connectivity index (χ4v) is 2.81. The van der Waals surface area contributed by atoms with Crippen molar-refractivity contribution in [3.8, 4) is 12.1 Å². The predicted octanol–water partition coefficient (Wildman–Crippen LogP) is 3.30. The highest BCUT2D eigenvalue weighted by atomic mass is 16.6. The van der Waals surface area contributed by atoms with Gasteiger partial charge in [0.2, 0.25) is 0 Å². The zero-order chi connectivity index (χ0) is 17.0. The second-order valence-corrected chi connectivity index (χ2v) is 5.36. The van der Waals surface area contributed by atoms with Crippen molar-refractivity contribution in [3.63, 3.8) is 0 Å². The third-order valence-corrected chi connectivity index (χ3v) is 3.91. The average molecular weight is 306 g/mol. The van der Waals surface area contributed by atoms with E-state index in [0.29, 0.717) is 17.0 Å². The Labute approximate surface area is 136 Å². The molecule has 5 nitrogen and oxygen atoms in total. The Bertz CT molecular complexity index is 777. The van der Waals surface area contributed by atoms with Gasteiger partial charge in [-0.1, -0.05) is 24.8 Å². The van der Waals surface area contributed by atoms with Crippen LogP contribution in [0, 0.1) is 28.6 Å². The molecule has 1 heterocycles. The number of allylic oxidation sites excluding steroid dienone is 2. The molecule has 0 saturated carbocycles. The lowest BCUT2D eigenvalue weighted by molar-refractivity contribution is 0.137. The monoisotopic (exact) mass is 306 g/mol. The molecule has 2 unspecified atom stereocenters. The lowest BCUT2D eigenvalue weighted by atomic mass is 9.76. The van der Waals surface area contributed by atoms with Gasteiger partial charge in [-0.05, 0) is 31.0 Å². The molecular formula is C18H18N4O. The molecule has 0 fully saturated rings. The Balaban J connectivity index is 2.53. The van der Waals surface area contributed by atoms with Gasteiger partial charge in [0.15, 0.2) is 0 Å². The minimum absolute atomic E-state index is 0.321. The second-order valence-electron chi connectivity index (χ2n) is 5.36. The molecule has 1 aliphatic rings. The van der Waals surface area contributed by atoms with E-state index >= 15 is 0 Å². The molecule has 1 aromatic carbocycles. The molecule has 0 amide bonds. The van der Waals surface area contributed by atoms with Crippen LogP contribution in [-0.4, -0.2) is 12.8 Å². The normalized spacial score (nSPS) is 20.3. The van der Waals surface area contributed by atoms with Gasteiger partial charge in [0.05, 0.1) is 42.1 Å². The highest BCUT2D eigenvalue weighted by molar-refractivity contribution is 5.90.